The highest BCUT2D eigenvalue weighted by Gasteiger charge is 2.17. The number of hydrogen-bond donors (Lipinski definition) is 0. The maximum atomic E-state index is 2.30. The van der Waals surface area contributed by atoms with Gasteiger partial charge in [0.25, 0.3) is 0 Å². The molecule has 0 heterocycles. The molecule has 0 bridgehead atoms. The van der Waals surface area contributed by atoms with Crippen LogP contribution in [0.3, 0.4) is 0 Å². The van der Waals surface area contributed by atoms with Crippen molar-refractivity contribution in [2.24, 2.45) is 0 Å². The van der Waals surface area contributed by atoms with Gasteiger partial charge in [0.05, 0.1) is 0 Å². The standard InChI is InChI=1S/C20H28BN/c1-19(2,3)15-9-7-11-17(13-15)22(21)18-12-8-10-16(14-18)20(4,5)6/h7-14H,21H2,1-6H3. The Labute approximate surface area is 136 Å². The van der Waals surface area contributed by atoms with E-state index in [2.05, 4.69) is 103 Å². The summed E-state index contributed by atoms with van der Waals surface area (Å²) in [5.41, 5.74) is 5.54. The Hall–Kier alpha value is -1.70. The summed E-state index contributed by atoms with van der Waals surface area (Å²) in [6, 6.07) is 17.7. The summed E-state index contributed by atoms with van der Waals surface area (Å²) in [6.07, 6.45) is 0. The van der Waals surface area contributed by atoms with Crippen LogP contribution < -0.4 is 4.81 Å². The van der Waals surface area contributed by atoms with Crippen molar-refractivity contribution >= 4 is 19.4 Å². The Morgan fingerprint density at radius 3 is 1.36 bits per heavy atom. The van der Waals surface area contributed by atoms with Crippen LogP contribution in [0.25, 0.3) is 0 Å². The average Bonchev–Trinajstić information content (AvgIpc) is 2.45. The minimum absolute atomic E-state index is 0.171. The second-order valence-corrected chi connectivity index (χ2v) is 8.16. The van der Waals surface area contributed by atoms with Gasteiger partial charge in [-0.2, -0.15) is 0 Å². The number of benzene rings is 2. The molecule has 0 spiro atoms. The van der Waals surface area contributed by atoms with Crippen molar-refractivity contribution in [2.75, 3.05) is 4.81 Å². The quantitative estimate of drug-likeness (QED) is 0.707. The first-order valence-corrected chi connectivity index (χ1v) is 8.04. The zero-order valence-electron chi connectivity index (χ0n) is 15.1. The van der Waals surface area contributed by atoms with Crippen LogP contribution in [0.5, 0.6) is 0 Å². The van der Waals surface area contributed by atoms with Crippen LogP contribution in [0, 0.1) is 0 Å². The largest absolute Gasteiger partial charge is 0.394 e. The van der Waals surface area contributed by atoms with Gasteiger partial charge in [0.2, 0.25) is 7.98 Å². The molecule has 0 aliphatic rings. The lowest BCUT2D eigenvalue weighted by Gasteiger charge is -2.26. The molecule has 0 atom stereocenters. The SMILES string of the molecule is BN(c1cccc(C(C)(C)C)c1)c1cccc(C(C)(C)C)c1. The normalized spacial score (nSPS) is 12.3. The molecule has 116 valence electrons. The Morgan fingerprint density at radius 2 is 1.05 bits per heavy atom. The van der Waals surface area contributed by atoms with Gasteiger partial charge in [-0.05, 0) is 46.2 Å². The molecule has 0 aliphatic heterocycles. The Bertz CT molecular complexity index is 590. The zero-order chi connectivity index (χ0) is 16.5. The summed E-state index contributed by atoms with van der Waals surface area (Å²) in [5.74, 6) is 0. The number of hydrogen-bond acceptors (Lipinski definition) is 1. The zero-order valence-corrected chi connectivity index (χ0v) is 15.1. The summed E-state index contributed by atoms with van der Waals surface area (Å²) >= 11 is 0. The van der Waals surface area contributed by atoms with Crippen LogP contribution in [-0.2, 0) is 10.8 Å². The van der Waals surface area contributed by atoms with Gasteiger partial charge >= 0.3 is 0 Å². The predicted octanol–water partition coefficient (Wildman–Crippen LogP) is 4.97. The molecule has 2 rings (SSSR count). The fraction of sp³-hybridized carbons (Fsp3) is 0.400. The number of rotatable bonds is 2. The van der Waals surface area contributed by atoms with Crippen molar-refractivity contribution in [3.8, 4) is 0 Å². The van der Waals surface area contributed by atoms with Crippen molar-refractivity contribution in [3.63, 3.8) is 0 Å². The Morgan fingerprint density at radius 1 is 0.682 bits per heavy atom. The highest BCUT2D eigenvalue weighted by atomic mass is 15.0. The van der Waals surface area contributed by atoms with Crippen molar-refractivity contribution in [3.05, 3.63) is 59.7 Å². The van der Waals surface area contributed by atoms with Gasteiger partial charge in [0.15, 0.2) is 0 Å². The molecule has 0 unspecified atom stereocenters. The third-order valence-corrected chi connectivity index (χ3v) is 4.20. The van der Waals surface area contributed by atoms with Gasteiger partial charge in [0, 0.05) is 11.4 Å². The van der Waals surface area contributed by atoms with Gasteiger partial charge in [-0.25, -0.2) is 0 Å². The molecule has 2 aromatic carbocycles. The fourth-order valence-corrected chi connectivity index (χ4v) is 2.51. The molecule has 0 fully saturated rings. The predicted molar refractivity (Wildman–Crippen MR) is 101 cm³/mol. The fourth-order valence-electron chi connectivity index (χ4n) is 2.51. The smallest absolute Gasteiger partial charge is 0.223 e. The van der Waals surface area contributed by atoms with Crippen molar-refractivity contribution < 1.29 is 0 Å². The van der Waals surface area contributed by atoms with Crippen molar-refractivity contribution in [1.29, 1.82) is 0 Å². The minimum atomic E-state index is 0.171. The molecule has 1 nitrogen and oxygen atoms in total. The van der Waals surface area contributed by atoms with Gasteiger partial charge in [-0.15, -0.1) is 0 Å². The number of nitrogens with zero attached hydrogens (tertiary/aromatic N) is 1. The molecular formula is C20H28BN. The van der Waals surface area contributed by atoms with Gasteiger partial charge < -0.3 is 4.81 Å². The van der Waals surface area contributed by atoms with E-state index in [0.29, 0.717) is 0 Å². The molecule has 0 N–H and O–H groups in total. The topological polar surface area (TPSA) is 3.24 Å². The van der Waals surface area contributed by atoms with Crippen LogP contribution in [0.2, 0.25) is 0 Å². The second kappa shape index (κ2) is 5.83. The molecular weight excluding hydrogens is 265 g/mol. The van der Waals surface area contributed by atoms with Crippen LogP contribution in [0.1, 0.15) is 52.7 Å². The third kappa shape index (κ3) is 3.74. The van der Waals surface area contributed by atoms with Gasteiger partial charge in [0.1, 0.15) is 0 Å². The van der Waals surface area contributed by atoms with Gasteiger partial charge in [-0.1, -0.05) is 65.8 Å². The molecule has 22 heavy (non-hydrogen) atoms. The highest BCUT2D eigenvalue weighted by Crippen LogP contribution is 2.31. The summed E-state index contributed by atoms with van der Waals surface area (Å²) in [6.45, 7) is 13.5. The molecule has 2 aromatic rings. The average molecular weight is 293 g/mol. The van der Waals surface area contributed by atoms with E-state index in [4.69, 9.17) is 0 Å². The molecule has 0 radical (unpaired) electrons. The second-order valence-electron chi connectivity index (χ2n) is 8.16. The third-order valence-electron chi connectivity index (χ3n) is 4.20. The van der Waals surface area contributed by atoms with E-state index in [1.54, 1.807) is 0 Å². The molecule has 0 aromatic heterocycles. The van der Waals surface area contributed by atoms with Crippen LogP contribution in [-0.4, -0.2) is 7.98 Å². The van der Waals surface area contributed by atoms with Crippen molar-refractivity contribution in [1.82, 2.24) is 0 Å². The Balaban J connectivity index is 2.38. The van der Waals surface area contributed by atoms with E-state index in [9.17, 15) is 0 Å². The van der Waals surface area contributed by atoms with E-state index < -0.39 is 0 Å². The summed E-state index contributed by atoms with van der Waals surface area (Å²) in [7, 11) is 2.14. The summed E-state index contributed by atoms with van der Waals surface area (Å²) in [4.78, 5) is 2.27. The first-order chi connectivity index (χ1) is 10.1. The maximum absolute atomic E-state index is 2.30. The van der Waals surface area contributed by atoms with Crippen LogP contribution in [0.4, 0.5) is 11.4 Å². The minimum Gasteiger partial charge on any atom is -0.394 e. The first-order valence-electron chi connectivity index (χ1n) is 8.04. The van der Waals surface area contributed by atoms with E-state index in [1.807, 2.05) is 0 Å². The Kier molecular flexibility index (Phi) is 4.42. The van der Waals surface area contributed by atoms with Gasteiger partial charge in [-0.3, -0.25) is 0 Å². The highest BCUT2D eigenvalue weighted by molar-refractivity contribution is 6.22. The molecule has 0 amide bonds. The lowest BCUT2D eigenvalue weighted by atomic mass is 9.86. The lowest BCUT2D eigenvalue weighted by Crippen LogP contribution is -2.17. The van der Waals surface area contributed by atoms with E-state index in [1.165, 1.54) is 22.5 Å². The summed E-state index contributed by atoms with van der Waals surface area (Å²) < 4.78 is 0. The molecule has 0 aliphatic carbocycles. The van der Waals surface area contributed by atoms with Crippen LogP contribution >= 0.6 is 0 Å². The monoisotopic (exact) mass is 293 g/mol. The first kappa shape index (κ1) is 16.7. The summed E-state index contributed by atoms with van der Waals surface area (Å²) in [5, 5.41) is 0. The van der Waals surface area contributed by atoms with Crippen LogP contribution in [0.15, 0.2) is 48.5 Å². The van der Waals surface area contributed by atoms with E-state index in [-0.39, 0.29) is 10.8 Å². The molecule has 0 saturated heterocycles. The molecule has 2 heteroatoms. The molecule has 0 saturated carbocycles. The van der Waals surface area contributed by atoms with E-state index >= 15 is 0 Å². The van der Waals surface area contributed by atoms with E-state index in [0.717, 1.165) is 0 Å². The van der Waals surface area contributed by atoms with Crippen molar-refractivity contribution in [2.45, 2.75) is 52.4 Å². The lowest BCUT2D eigenvalue weighted by molar-refractivity contribution is 0.590. The number of anilines is 2. The maximum Gasteiger partial charge on any atom is 0.223 e.